The van der Waals surface area contributed by atoms with E-state index in [-0.39, 0.29) is 22.2 Å². The van der Waals surface area contributed by atoms with E-state index in [4.69, 9.17) is 37.8 Å². The smallest absolute Gasteiger partial charge is 0.410 e. The Labute approximate surface area is 232 Å². The van der Waals surface area contributed by atoms with Crippen molar-refractivity contribution < 1.29 is 18.7 Å². The molecule has 204 valence electrons. The van der Waals surface area contributed by atoms with Crippen LogP contribution in [0, 0.1) is 12.7 Å². The average molecular weight is 564 g/mol. The molecule has 2 aromatic carbocycles. The van der Waals surface area contributed by atoms with Crippen LogP contribution in [0.5, 0.6) is 0 Å². The first-order valence-electron chi connectivity index (χ1n) is 12.9. The summed E-state index contributed by atoms with van der Waals surface area (Å²) < 4.78 is 28.6. The molecule has 2 fully saturated rings. The Morgan fingerprint density at radius 3 is 2.66 bits per heavy atom. The van der Waals surface area contributed by atoms with E-state index >= 15 is 4.39 Å². The van der Waals surface area contributed by atoms with E-state index in [1.54, 1.807) is 4.90 Å². The van der Waals surface area contributed by atoms with Crippen LogP contribution in [0.1, 0.15) is 57.3 Å². The fourth-order valence-electron chi connectivity index (χ4n) is 5.50. The number of halogens is 3. The molecule has 0 unspecified atom stereocenters. The highest BCUT2D eigenvalue weighted by atomic mass is 35.5. The minimum Gasteiger partial charge on any atom is -0.444 e. The molecule has 0 saturated carbocycles. The Morgan fingerprint density at radius 2 is 1.95 bits per heavy atom. The number of rotatable bonds is 4. The zero-order valence-electron chi connectivity index (χ0n) is 22.1. The van der Waals surface area contributed by atoms with E-state index in [1.165, 1.54) is 12.1 Å². The van der Waals surface area contributed by atoms with Crippen molar-refractivity contribution in [1.29, 1.82) is 0 Å². The molecule has 0 bridgehead atoms. The molecule has 0 aliphatic carbocycles. The van der Waals surface area contributed by atoms with Crippen molar-refractivity contribution in [2.24, 2.45) is 0 Å². The van der Waals surface area contributed by atoms with E-state index in [9.17, 15) is 4.79 Å². The van der Waals surface area contributed by atoms with Crippen molar-refractivity contribution in [2.75, 3.05) is 31.6 Å². The van der Waals surface area contributed by atoms with Gasteiger partial charge in [0, 0.05) is 42.1 Å². The number of aryl methyl sites for hydroxylation is 1. The number of nitrogens with one attached hydrogen (secondary N) is 1. The summed E-state index contributed by atoms with van der Waals surface area (Å²) in [5.41, 5.74) is 1.26. The lowest BCUT2D eigenvalue weighted by Crippen LogP contribution is -2.42. The number of aromatic nitrogens is 2. The third-order valence-electron chi connectivity index (χ3n) is 7.31. The summed E-state index contributed by atoms with van der Waals surface area (Å²) in [7, 11) is 0. The highest BCUT2D eigenvalue weighted by Crippen LogP contribution is 2.43. The number of amides is 1. The van der Waals surface area contributed by atoms with Gasteiger partial charge in [-0.2, -0.15) is 5.10 Å². The molecule has 1 amide bonds. The van der Waals surface area contributed by atoms with Gasteiger partial charge in [-0.15, -0.1) is 0 Å². The normalized spacial score (nSPS) is 20.8. The van der Waals surface area contributed by atoms with E-state index < -0.39 is 23.1 Å². The van der Waals surface area contributed by atoms with Crippen molar-refractivity contribution in [1.82, 2.24) is 14.7 Å². The lowest BCUT2D eigenvalue weighted by atomic mass is 9.87. The SMILES string of the molecule is Cc1c2ccc(N[C@]3(c4c(F)ccc(Cl)c4Cl)CCN(C(=O)OC(C)(C)C)C3)cc2nn1C1CCOCC1. The summed E-state index contributed by atoms with van der Waals surface area (Å²) >= 11 is 12.9. The summed E-state index contributed by atoms with van der Waals surface area (Å²) in [6.45, 7) is 9.52. The van der Waals surface area contributed by atoms with E-state index in [2.05, 4.69) is 16.9 Å². The largest absolute Gasteiger partial charge is 0.444 e. The van der Waals surface area contributed by atoms with E-state index in [0.717, 1.165) is 48.3 Å². The van der Waals surface area contributed by atoms with Crippen LogP contribution in [0.2, 0.25) is 10.0 Å². The van der Waals surface area contributed by atoms with Crippen LogP contribution in [-0.2, 0) is 15.0 Å². The van der Waals surface area contributed by atoms with Crippen molar-refractivity contribution in [3.05, 3.63) is 57.5 Å². The van der Waals surface area contributed by atoms with Crippen LogP contribution in [0.4, 0.5) is 14.9 Å². The van der Waals surface area contributed by atoms with Gasteiger partial charge in [-0.1, -0.05) is 23.2 Å². The number of carbonyl (C=O) groups is 1. The van der Waals surface area contributed by atoms with Crippen molar-refractivity contribution in [2.45, 2.75) is 64.1 Å². The van der Waals surface area contributed by atoms with Gasteiger partial charge < -0.3 is 19.7 Å². The second-order valence-corrected chi connectivity index (χ2v) is 12.0. The van der Waals surface area contributed by atoms with Gasteiger partial charge in [0.2, 0.25) is 0 Å². The summed E-state index contributed by atoms with van der Waals surface area (Å²) in [5.74, 6) is -0.487. The van der Waals surface area contributed by atoms with Crippen LogP contribution >= 0.6 is 23.2 Å². The van der Waals surface area contributed by atoms with Crippen molar-refractivity contribution in [3.8, 4) is 0 Å². The Kier molecular flexibility index (Phi) is 7.26. The zero-order valence-corrected chi connectivity index (χ0v) is 23.6. The molecule has 0 radical (unpaired) electrons. The first-order valence-corrected chi connectivity index (χ1v) is 13.7. The molecule has 5 rings (SSSR count). The van der Waals surface area contributed by atoms with Gasteiger partial charge in [0.1, 0.15) is 11.4 Å². The summed E-state index contributed by atoms with van der Waals surface area (Å²) in [6, 6.07) is 9.00. The highest BCUT2D eigenvalue weighted by Gasteiger charge is 2.46. The molecule has 7 nitrogen and oxygen atoms in total. The number of anilines is 1. The molecule has 3 aromatic rings. The van der Waals surface area contributed by atoms with Gasteiger partial charge in [-0.25, -0.2) is 9.18 Å². The number of benzene rings is 2. The first kappa shape index (κ1) is 27.0. The fraction of sp³-hybridized carbons (Fsp3) is 0.500. The average Bonchev–Trinajstić information content (AvgIpc) is 3.43. The fourth-order valence-corrected chi connectivity index (χ4v) is 5.99. The standard InChI is InChI=1S/C28H33Cl2FN4O3/c1-17-20-6-5-18(15-23(20)33-35(17)19-9-13-37-14-10-19)32-28(24-22(31)8-7-21(29)25(24)30)11-12-34(16-28)26(36)38-27(2,3)4/h5-8,15,19,32H,9-14,16H2,1-4H3/t28-/m1/s1. The van der Waals surface area contributed by atoms with Crippen LogP contribution in [-0.4, -0.2) is 52.7 Å². The summed E-state index contributed by atoms with van der Waals surface area (Å²) in [4.78, 5) is 14.5. The Bertz CT molecular complexity index is 1370. The van der Waals surface area contributed by atoms with E-state index in [1.807, 2.05) is 39.0 Å². The van der Waals surface area contributed by atoms with Crippen LogP contribution in [0.3, 0.4) is 0 Å². The van der Waals surface area contributed by atoms with Gasteiger partial charge in [0.15, 0.2) is 0 Å². The molecule has 0 spiro atoms. The molecule has 3 heterocycles. The predicted octanol–water partition coefficient (Wildman–Crippen LogP) is 7.09. The molecule has 10 heteroatoms. The lowest BCUT2D eigenvalue weighted by molar-refractivity contribution is 0.0286. The third-order valence-corrected chi connectivity index (χ3v) is 8.11. The molecule has 1 atom stereocenters. The van der Waals surface area contributed by atoms with Crippen LogP contribution in [0.25, 0.3) is 10.9 Å². The monoisotopic (exact) mass is 562 g/mol. The Balaban J connectivity index is 1.52. The van der Waals surface area contributed by atoms with Gasteiger partial charge in [-0.3, -0.25) is 4.68 Å². The second kappa shape index (κ2) is 10.2. The lowest BCUT2D eigenvalue weighted by Gasteiger charge is -2.34. The maximum absolute atomic E-state index is 15.4. The zero-order chi connectivity index (χ0) is 27.2. The van der Waals surface area contributed by atoms with E-state index in [0.29, 0.717) is 19.0 Å². The Hall–Kier alpha value is -2.55. The number of fused-ring (bicyclic) bond motifs is 1. The Morgan fingerprint density at radius 1 is 1.21 bits per heavy atom. The summed E-state index contributed by atoms with van der Waals surface area (Å²) in [6.07, 6.45) is 1.81. The minimum atomic E-state index is -1.02. The summed E-state index contributed by atoms with van der Waals surface area (Å²) in [5, 5.41) is 9.88. The number of carbonyl (C=O) groups excluding carboxylic acids is 1. The second-order valence-electron chi connectivity index (χ2n) is 11.2. The minimum absolute atomic E-state index is 0.130. The molecule has 2 aliphatic heterocycles. The molecule has 1 N–H and O–H groups in total. The first-order chi connectivity index (χ1) is 18.0. The maximum Gasteiger partial charge on any atom is 0.410 e. The number of ether oxygens (including phenoxy) is 2. The van der Waals surface area contributed by atoms with Crippen LogP contribution < -0.4 is 5.32 Å². The van der Waals surface area contributed by atoms with Gasteiger partial charge in [0.25, 0.3) is 0 Å². The molecule has 38 heavy (non-hydrogen) atoms. The van der Waals surface area contributed by atoms with Crippen molar-refractivity contribution >= 4 is 45.9 Å². The molecular formula is C28H33Cl2FN4O3. The van der Waals surface area contributed by atoms with Gasteiger partial charge in [0.05, 0.1) is 33.7 Å². The highest BCUT2D eigenvalue weighted by molar-refractivity contribution is 6.42. The van der Waals surface area contributed by atoms with Crippen LogP contribution in [0.15, 0.2) is 30.3 Å². The van der Waals surface area contributed by atoms with Gasteiger partial charge in [-0.05, 0) is 77.3 Å². The molecule has 2 saturated heterocycles. The number of hydrogen-bond donors (Lipinski definition) is 1. The van der Waals surface area contributed by atoms with Crippen molar-refractivity contribution in [3.63, 3.8) is 0 Å². The maximum atomic E-state index is 15.4. The number of likely N-dealkylation sites (tertiary alicyclic amines) is 1. The number of hydrogen-bond acceptors (Lipinski definition) is 5. The molecular weight excluding hydrogens is 530 g/mol. The number of nitrogens with zero attached hydrogens (tertiary/aromatic N) is 3. The quantitative estimate of drug-likeness (QED) is 0.344. The third kappa shape index (κ3) is 5.18. The van der Waals surface area contributed by atoms with Gasteiger partial charge >= 0.3 is 6.09 Å². The topological polar surface area (TPSA) is 68.6 Å². The molecule has 2 aliphatic rings. The molecule has 1 aromatic heterocycles. The predicted molar refractivity (Wildman–Crippen MR) is 148 cm³/mol.